The zero-order chi connectivity index (χ0) is 15.5. The van der Waals surface area contributed by atoms with Gasteiger partial charge < -0.3 is 5.11 Å². The first kappa shape index (κ1) is 16.2. The number of halogens is 1. The highest BCUT2D eigenvalue weighted by Gasteiger charge is 2.17. The molecule has 0 aliphatic carbocycles. The minimum absolute atomic E-state index is 0.179. The average Bonchev–Trinajstić information content (AvgIpc) is 2.47. The summed E-state index contributed by atoms with van der Waals surface area (Å²) in [4.78, 5) is 0.200. The van der Waals surface area contributed by atoms with Crippen molar-refractivity contribution in [1.29, 1.82) is 0 Å². The van der Waals surface area contributed by atoms with Gasteiger partial charge in [0, 0.05) is 11.0 Å². The molecule has 0 aliphatic heterocycles. The van der Waals surface area contributed by atoms with E-state index in [1.807, 2.05) is 24.3 Å². The Balaban J connectivity index is 2.21. The topological polar surface area (TPSA) is 66.4 Å². The van der Waals surface area contributed by atoms with Crippen LogP contribution in [0, 0.1) is 6.92 Å². The summed E-state index contributed by atoms with van der Waals surface area (Å²) in [6.07, 6.45) is 0. The van der Waals surface area contributed by atoms with Crippen LogP contribution >= 0.6 is 15.9 Å². The summed E-state index contributed by atoms with van der Waals surface area (Å²) in [6, 6.07) is 12.3. The number of sulfonamides is 1. The summed E-state index contributed by atoms with van der Waals surface area (Å²) in [5.74, 6) is 0. The van der Waals surface area contributed by atoms with E-state index in [-0.39, 0.29) is 18.0 Å². The standard InChI is InChI=1S/C15H16BrNO3S/c1-11-13(10-18)3-2-4-15(11)21(19,20)17-9-12-5-7-14(16)8-6-12/h2-8,17-18H,9-10H2,1H3. The molecule has 0 radical (unpaired) electrons. The van der Waals surface area contributed by atoms with Gasteiger partial charge >= 0.3 is 0 Å². The highest BCUT2D eigenvalue weighted by Crippen LogP contribution is 2.19. The fourth-order valence-electron chi connectivity index (χ4n) is 1.98. The molecule has 0 unspecified atom stereocenters. The van der Waals surface area contributed by atoms with E-state index in [2.05, 4.69) is 20.7 Å². The maximum absolute atomic E-state index is 12.4. The van der Waals surface area contributed by atoms with Crippen LogP contribution in [0.3, 0.4) is 0 Å². The summed E-state index contributed by atoms with van der Waals surface area (Å²) < 4.78 is 28.2. The van der Waals surface area contributed by atoms with Crippen LogP contribution in [-0.4, -0.2) is 13.5 Å². The van der Waals surface area contributed by atoms with Crippen molar-refractivity contribution in [3.05, 3.63) is 63.6 Å². The van der Waals surface area contributed by atoms with Crippen molar-refractivity contribution in [1.82, 2.24) is 4.72 Å². The van der Waals surface area contributed by atoms with Gasteiger partial charge in [-0.05, 0) is 41.8 Å². The van der Waals surface area contributed by atoms with Gasteiger partial charge in [0.2, 0.25) is 10.0 Å². The molecule has 0 aliphatic rings. The lowest BCUT2D eigenvalue weighted by Gasteiger charge is -2.11. The Morgan fingerprint density at radius 1 is 1.14 bits per heavy atom. The second-order valence-corrected chi connectivity index (χ2v) is 7.30. The first-order valence-electron chi connectivity index (χ1n) is 6.37. The second-order valence-electron chi connectivity index (χ2n) is 4.65. The Labute approximate surface area is 133 Å². The van der Waals surface area contributed by atoms with Crippen LogP contribution in [0.25, 0.3) is 0 Å². The van der Waals surface area contributed by atoms with Crippen molar-refractivity contribution in [2.24, 2.45) is 0 Å². The van der Waals surface area contributed by atoms with E-state index in [0.717, 1.165) is 10.0 Å². The van der Waals surface area contributed by atoms with E-state index in [0.29, 0.717) is 11.1 Å². The number of nitrogens with one attached hydrogen (secondary N) is 1. The van der Waals surface area contributed by atoms with Gasteiger partial charge in [0.05, 0.1) is 11.5 Å². The van der Waals surface area contributed by atoms with Gasteiger partial charge in [-0.25, -0.2) is 13.1 Å². The van der Waals surface area contributed by atoms with Crippen LogP contribution in [-0.2, 0) is 23.2 Å². The van der Waals surface area contributed by atoms with Crippen molar-refractivity contribution in [2.75, 3.05) is 0 Å². The van der Waals surface area contributed by atoms with Gasteiger partial charge in [-0.3, -0.25) is 0 Å². The van der Waals surface area contributed by atoms with Gasteiger partial charge in [0.15, 0.2) is 0 Å². The lowest BCUT2D eigenvalue weighted by Crippen LogP contribution is -2.24. The SMILES string of the molecule is Cc1c(CO)cccc1S(=O)(=O)NCc1ccc(Br)cc1. The van der Waals surface area contributed by atoms with Crippen molar-refractivity contribution < 1.29 is 13.5 Å². The highest BCUT2D eigenvalue weighted by molar-refractivity contribution is 9.10. The smallest absolute Gasteiger partial charge is 0.241 e. The number of aliphatic hydroxyl groups excluding tert-OH is 1. The fourth-order valence-corrected chi connectivity index (χ4v) is 3.55. The molecule has 0 spiro atoms. The van der Waals surface area contributed by atoms with Crippen molar-refractivity contribution in [3.63, 3.8) is 0 Å². The zero-order valence-electron chi connectivity index (χ0n) is 11.5. The van der Waals surface area contributed by atoms with Crippen LogP contribution < -0.4 is 4.72 Å². The molecular weight excluding hydrogens is 354 g/mol. The first-order valence-corrected chi connectivity index (χ1v) is 8.65. The minimum atomic E-state index is -3.60. The Morgan fingerprint density at radius 2 is 1.81 bits per heavy atom. The highest BCUT2D eigenvalue weighted by atomic mass is 79.9. The predicted octanol–water partition coefficient (Wildman–Crippen LogP) is 2.73. The summed E-state index contributed by atoms with van der Waals surface area (Å²) in [6.45, 7) is 1.74. The molecule has 6 heteroatoms. The predicted molar refractivity (Wildman–Crippen MR) is 85.3 cm³/mol. The van der Waals surface area contributed by atoms with Crippen LogP contribution in [0.2, 0.25) is 0 Å². The lowest BCUT2D eigenvalue weighted by atomic mass is 10.1. The second kappa shape index (κ2) is 6.70. The molecule has 112 valence electrons. The monoisotopic (exact) mass is 369 g/mol. The molecule has 0 heterocycles. The first-order chi connectivity index (χ1) is 9.94. The molecule has 4 nitrogen and oxygen atoms in total. The van der Waals surface area contributed by atoms with Gasteiger partial charge in [0.25, 0.3) is 0 Å². The Hall–Kier alpha value is -1.21. The number of benzene rings is 2. The quantitative estimate of drug-likeness (QED) is 0.851. The van der Waals surface area contributed by atoms with E-state index in [1.54, 1.807) is 25.1 Å². The van der Waals surface area contributed by atoms with Crippen LogP contribution in [0.1, 0.15) is 16.7 Å². The zero-order valence-corrected chi connectivity index (χ0v) is 13.9. The Kier molecular flexibility index (Phi) is 5.16. The lowest BCUT2D eigenvalue weighted by molar-refractivity contribution is 0.280. The summed E-state index contributed by atoms with van der Waals surface area (Å²) in [7, 11) is -3.60. The molecule has 21 heavy (non-hydrogen) atoms. The number of rotatable bonds is 5. The third-order valence-corrected chi connectivity index (χ3v) is 5.31. The van der Waals surface area contributed by atoms with Gasteiger partial charge in [-0.15, -0.1) is 0 Å². The molecule has 0 aromatic heterocycles. The van der Waals surface area contributed by atoms with Gasteiger partial charge in [0.1, 0.15) is 0 Å². The summed E-state index contributed by atoms with van der Waals surface area (Å²) in [5, 5.41) is 9.22. The molecule has 2 N–H and O–H groups in total. The van der Waals surface area contributed by atoms with E-state index in [9.17, 15) is 13.5 Å². The molecule has 0 saturated carbocycles. The van der Waals surface area contributed by atoms with Crippen LogP contribution in [0.5, 0.6) is 0 Å². The normalized spacial score (nSPS) is 11.6. The molecule has 2 aromatic carbocycles. The largest absolute Gasteiger partial charge is 0.392 e. The number of aliphatic hydroxyl groups is 1. The maximum atomic E-state index is 12.4. The minimum Gasteiger partial charge on any atom is -0.392 e. The molecule has 0 fully saturated rings. The van der Waals surface area contributed by atoms with E-state index in [4.69, 9.17) is 0 Å². The van der Waals surface area contributed by atoms with Crippen LogP contribution in [0.4, 0.5) is 0 Å². The molecule has 0 bridgehead atoms. The van der Waals surface area contributed by atoms with Crippen molar-refractivity contribution >= 4 is 26.0 Å². The average molecular weight is 370 g/mol. The van der Waals surface area contributed by atoms with Crippen molar-refractivity contribution in [3.8, 4) is 0 Å². The molecule has 0 atom stereocenters. The van der Waals surface area contributed by atoms with Crippen molar-refractivity contribution in [2.45, 2.75) is 25.0 Å². The van der Waals surface area contributed by atoms with Crippen LogP contribution in [0.15, 0.2) is 51.8 Å². The number of hydrogen-bond acceptors (Lipinski definition) is 3. The van der Waals surface area contributed by atoms with Gasteiger partial charge in [-0.1, -0.05) is 40.2 Å². The van der Waals surface area contributed by atoms with E-state index >= 15 is 0 Å². The third kappa shape index (κ3) is 3.91. The Morgan fingerprint density at radius 3 is 2.43 bits per heavy atom. The van der Waals surface area contributed by atoms with E-state index in [1.165, 1.54) is 0 Å². The fraction of sp³-hybridized carbons (Fsp3) is 0.200. The summed E-state index contributed by atoms with van der Waals surface area (Å²) >= 11 is 3.34. The molecule has 0 amide bonds. The molecule has 2 rings (SSSR count). The number of hydrogen-bond donors (Lipinski definition) is 2. The Bertz CT molecular complexity index is 727. The molecular formula is C15H16BrNO3S. The van der Waals surface area contributed by atoms with Gasteiger partial charge in [-0.2, -0.15) is 0 Å². The molecule has 0 saturated heterocycles. The summed E-state index contributed by atoms with van der Waals surface area (Å²) in [5.41, 5.74) is 2.06. The maximum Gasteiger partial charge on any atom is 0.241 e. The molecule has 2 aromatic rings. The van der Waals surface area contributed by atoms with E-state index < -0.39 is 10.0 Å². The third-order valence-electron chi connectivity index (χ3n) is 3.24.